The fourth-order valence-corrected chi connectivity index (χ4v) is 4.11. The number of urea groups is 1. The summed E-state index contributed by atoms with van der Waals surface area (Å²) < 4.78 is 43.3. The van der Waals surface area contributed by atoms with Crippen molar-refractivity contribution in [3.63, 3.8) is 0 Å². The molecule has 3 aromatic rings. The molecule has 2 heterocycles. The predicted molar refractivity (Wildman–Crippen MR) is 100 cm³/mol. The first-order valence-corrected chi connectivity index (χ1v) is 9.51. The molecule has 1 spiro atoms. The smallest absolute Gasteiger partial charge is 0.337 e. The Morgan fingerprint density at radius 2 is 1.84 bits per heavy atom. The third-order valence-electron chi connectivity index (χ3n) is 5.65. The molecule has 3 amide bonds. The average molecular weight is 428 g/mol. The predicted octanol–water partition coefficient (Wildman–Crippen LogP) is 3.65. The van der Waals surface area contributed by atoms with Crippen molar-refractivity contribution < 1.29 is 27.3 Å². The quantitative estimate of drug-likeness (QED) is 0.644. The fourth-order valence-electron chi connectivity index (χ4n) is 4.11. The molecule has 1 atom stereocenters. The highest BCUT2D eigenvalue weighted by molar-refractivity contribution is 6.08. The van der Waals surface area contributed by atoms with Crippen LogP contribution in [0.25, 0.3) is 11.4 Å². The van der Waals surface area contributed by atoms with Crippen LogP contribution in [-0.4, -0.2) is 27.0 Å². The highest BCUT2D eigenvalue weighted by atomic mass is 19.4. The molecule has 1 unspecified atom stereocenters. The number of hydrogen-bond donors (Lipinski definition) is 1. The van der Waals surface area contributed by atoms with Gasteiger partial charge in [-0.1, -0.05) is 41.6 Å². The Hall–Kier alpha value is -3.69. The van der Waals surface area contributed by atoms with Gasteiger partial charge in [-0.3, -0.25) is 9.69 Å². The number of nitrogens with zero attached hydrogens (tertiary/aromatic N) is 3. The summed E-state index contributed by atoms with van der Waals surface area (Å²) in [4.78, 5) is 30.9. The number of aromatic nitrogens is 2. The lowest BCUT2D eigenvalue weighted by atomic mass is 9.92. The van der Waals surface area contributed by atoms with Gasteiger partial charge >= 0.3 is 12.2 Å². The van der Waals surface area contributed by atoms with Crippen molar-refractivity contribution >= 4 is 11.9 Å². The Morgan fingerprint density at radius 3 is 2.58 bits per heavy atom. The molecule has 1 aliphatic carbocycles. The van der Waals surface area contributed by atoms with Crippen LogP contribution in [0.3, 0.4) is 0 Å². The number of carbonyl (C=O) groups is 2. The first kappa shape index (κ1) is 19.3. The minimum atomic E-state index is -4.45. The summed E-state index contributed by atoms with van der Waals surface area (Å²) >= 11 is 0. The van der Waals surface area contributed by atoms with Crippen LogP contribution in [0.5, 0.6) is 0 Å². The van der Waals surface area contributed by atoms with Gasteiger partial charge in [0, 0.05) is 5.56 Å². The van der Waals surface area contributed by atoms with E-state index in [1.807, 2.05) is 24.3 Å². The van der Waals surface area contributed by atoms with E-state index in [0.717, 1.165) is 28.2 Å². The summed E-state index contributed by atoms with van der Waals surface area (Å²) in [7, 11) is 0. The molecular formula is C21H15F3N4O3. The van der Waals surface area contributed by atoms with Crippen molar-refractivity contribution in [1.82, 2.24) is 20.4 Å². The maximum Gasteiger partial charge on any atom is 0.416 e. The summed E-state index contributed by atoms with van der Waals surface area (Å²) in [6.07, 6.45) is -3.30. The normalized spacial score (nSPS) is 20.4. The van der Waals surface area contributed by atoms with Gasteiger partial charge < -0.3 is 9.84 Å². The topological polar surface area (TPSA) is 88.3 Å². The Morgan fingerprint density at radius 1 is 1.10 bits per heavy atom. The van der Waals surface area contributed by atoms with Crippen molar-refractivity contribution in [2.45, 2.75) is 31.1 Å². The van der Waals surface area contributed by atoms with Gasteiger partial charge in [0.15, 0.2) is 0 Å². The Kier molecular flexibility index (Phi) is 4.14. The van der Waals surface area contributed by atoms with Crippen LogP contribution in [0.1, 0.15) is 29.0 Å². The molecule has 7 nitrogen and oxygen atoms in total. The van der Waals surface area contributed by atoms with Crippen molar-refractivity contribution in [2.75, 3.05) is 0 Å². The van der Waals surface area contributed by atoms with Crippen molar-refractivity contribution in [1.29, 1.82) is 0 Å². The molecule has 0 radical (unpaired) electrons. The second kappa shape index (κ2) is 6.66. The molecule has 1 saturated heterocycles. The lowest BCUT2D eigenvalue weighted by Crippen LogP contribution is -2.41. The number of hydrogen-bond acceptors (Lipinski definition) is 5. The molecular weight excluding hydrogens is 413 g/mol. The maximum absolute atomic E-state index is 13.2. The monoisotopic (exact) mass is 428 g/mol. The van der Waals surface area contributed by atoms with Gasteiger partial charge in [-0.2, -0.15) is 18.2 Å². The first-order chi connectivity index (χ1) is 14.8. The van der Waals surface area contributed by atoms with Crippen molar-refractivity contribution in [3.05, 3.63) is 71.1 Å². The standard InChI is InChI=1S/C21H15F3N4O3/c22-21(23,24)14-7-5-13(6-8-14)17-25-16(31-27-17)11-28-18(29)20(26-19(28)30)10-9-12-3-1-2-4-15(12)20/h1-8H,9-11H2,(H,26,30). The molecule has 1 N–H and O–H groups in total. The van der Waals surface area contributed by atoms with E-state index in [1.165, 1.54) is 12.1 Å². The minimum absolute atomic E-state index is 0.00160. The van der Waals surface area contributed by atoms with Crippen LogP contribution in [0.15, 0.2) is 53.1 Å². The SMILES string of the molecule is O=C1NC2(CCc3ccccc32)C(=O)N1Cc1nc(-c2ccc(C(F)(F)F)cc2)no1. The zero-order valence-corrected chi connectivity index (χ0v) is 15.9. The van der Waals surface area contributed by atoms with E-state index in [2.05, 4.69) is 15.5 Å². The molecule has 0 bridgehead atoms. The molecule has 1 aromatic heterocycles. The highest BCUT2D eigenvalue weighted by Gasteiger charge is 2.55. The van der Waals surface area contributed by atoms with E-state index in [-0.39, 0.29) is 18.3 Å². The van der Waals surface area contributed by atoms with E-state index >= 15 is 0 Å². The van der Waals surface area contributed by atoms with Gasteiger partial charge in [-0.15, -0.1) is 0 Å². The lowest BCUT2D eigenvalue weighted by molar-refractivity contribution is -0.137. The number of alkyl halides is 3. The third kappa shape index (κ3) is 3.06. The molecule has 2 aromatic carbocycles. The molecule has 5 rings (SSSR count). The molecule has 1 aliphatic heterocycles. The van der Waals surface area contributed by atoms with E-state index in [1.54, 1.807) is 0 Å². The van der Waals surface area contributed by atoms with Gasteiger partial charge in [-0.05, 0) is 36.1 Å². The van der Waals surface area contributed by atoms with Crippen LogP contribution in [0, 0.1) is 0 Å². The van der Waals surface area contributed by atoms with Gasteiger partial charge in [0.1, 0.15) is 12.1 Å². The Balaban J connectivity index is 1.36. The highest BCUT2D eigenvalue weighted by Crippen LogP contribution is 2.41. The van der Waals surface area contributed by atoms with Crippen LogP contribution in [-0.2, 0) is 29.5 Å². The molecule has 0 saturated carbocycles. The maximum atomic E-state index is 13.2. The lowest BCUT2D eigenvalue weighted by Gasteiger charge is -2.21. The van der Waals surface area contributed by atoms with Crippen LogP contribution < -0.4 is 5.32 Å². The number of imide groups is 1. The molecule has 2 aliphatic rings. The zero-order valence-electron chi connectivity index (χ0n) is 15.9. The minimum Gasteiger partial charge on any atom is -0.337 e. The first-order valence-electron chi connectivity index (χ1n) is 9.51. The summed E-state index contributed by atoms with van der Waals surface area (Å²) in [6.45, 7) is -0.234. The second-order valence-corrected chi connectivity index (χ2v) is 7.47. The molecule has 1 fully saturated rings. The summed E-state index contributed by atoms with van der Waals surface area (Å²) in [6, 6.07) is 11.2. The van der Waals surface area contributed by atoms with Crippen LogP contribution >= 0.6 is 0 Å². The van der Waals surface area contributed by atoms with Gasteiger partial charge in [0.2, 0.25) is 11.7 Å². The number of aryl methyl sites for hydroxylation is 1. The van der Waals surface area contributed by atoms with Gasteiger partial charge in [0.25, 0.3) is 5.91 Å². The number of benzene rings is 2. The van der Waals surface area contributed by atoms with E-state index in [0.29, 0.717) is 18.4 Å². The number of nitrogens with one attached hydrogen (secondary N) is 1. The molecule has 31 heavy (non-hydrogen) atoms. The number of carbonyl (C=O) groups excluding carboxylic acids is 2. The van der Waals surface area contributed by atoms with Crippen LogP contribution in [0.2, 0.25) is 0 Å². The van der Waals surface area contributed by atoms with Crippen LogP contribution in [0.4, 0.5) is 18.0 Å². The number of rotatable bonds is 3. The third-order valence-corrected chi connectivity index (χ3v) is 5.65. The van der Waals surface area contributed by atoms with Gasteiger partial charge in [0.05, 0.1) is 5.56 Å². The Labute approximate surface area is 173 Å². The van der Waals surface area contributed by atoms with E-state index in [4.69, 9.17) is 4.52 Å². The summed E-state index contributed by atoms with van der Waals surface area (Å²) in [5, 5.41) is 6.56. The van der Waals surface area contributed by atoms with Crippen molar-refractivity contribution in [3.8, 4) is 11.4 Å². The van der Waals surface area contributed by atoms with Gasteiger partial charge in [-0.25, -0.2) is 4.79 Å². The number of amides is 3. The van der Waals surface area contributed by atoms with E-state index < -0.39 is 29.2 Å². The largest absolute Gasteiger partial charge is 0.416 e. The second-order valence-electron chi connectivity index (χ2n) is 7.47. The molecule has 10 heteroatoms. The van der Waals surface area contributed by atoms with E-state index in [9.17, 15) is 22.8 Å². The zero-order chi connectivity index (χ0) is 21.8. The Bertz CT molecular complexity index is 1190. The number of fused-ring (bicyclic) bond motifs is 2. The molecule has 158 valence electrons. The summed E-state index contributed by atoms with van der Waals surface area (Å²) in [5.74, 6) is -0.324. The average Bonchev–Trinajstić information content (AvgIpc) is 3.42. The fraction of sp³-hybridized carbons (Fsp3) is 0.238. The summed E-state index contributed by atoms with van der Waals surface area (Å²) in [5.41, 5.74) is 0.235. The number of halogens is 3. The van der Waals surface area contributed by atoms with Crippen molar-refractivity contribution in [2.24, 2.45) is 0 Å².